The highest BCUT2D eigenvalue weighted by atomic mass is 16.3. The average Bonchev–Trinajstić information content (AvgIpc) is 2.82. The molecule has 1 N–H and O–H groups in total. The van der Waals surface area contributed by atoms with E-state index >= 15 is 0 Å². The highest BCUT2D eigenvalue weighted by Gasteiger charge is 2.08. The van der Waals surface area contributed by atoms with Crippen LogP contribution in [0, 0.1) is 6.92 Å². The van der Waals surface area contributed by atoms with Gasteiger partial charge < -0.3 is 14.6 Å². The molecular weight excluding hydrogens is 250 g/mol. The number of aromatic nitrogens is 1. The molecule has 0 saturated carbocycles. The van der Waals surface area contributed by atoms with Crippen LogP contribution in [-0.4, -0.2) is 18.1 Å². The molecule has 20 heavy (non-hydrogen) atoms. The molecule has 0 fully saturated rings. The van der Waals surface area contributed by atoms with Crippen LogP contribution in [0.15, 0.2) is 34.9 Å². The van der Waals surface area contributed by atoms with Crippen LogP contribution in [0.3, 0.4) is 0 Å². The van der Waals surface area contributed by atoms with E-state index in [9.17, 15) is 0 Å². The number of nitrogens with one attached hydrogen (secondary N) is 1. The van der Waals surface area contributed by atoms with E-state index in [2.05, 4.69) is 48.2 Å². The molecule has 0 radical (unpaired) electrons. The first kappa shape index (κ1) is 14.6. The largest absolute Gasteiger partial charge is 0.469 e. The zero-order chi connectivity index (χ0) is 14.5. The molecule has 0 bridgehead atoms. The Hall–Kier alpha value is -1.81. The lowest BCUT2D eigenvalue weighted by Gasteiger charge is -2.18. The van der Waals surface area contributed by atoms with E-state index in [-0.39, 0.29) is 0 Å². The Morgan fingerprint density at radius 2 is 2.10 bits per heavy atom. The Bertz CT molecular complexity index is 548. The molecule has 0 aliphatic rings. The summed E-state index contributed by atoms with van der Waals surface area (Å²) in [6, 6.07) is 8.62. The van der Waals surface area contributed by atoms with Crippen LogP contribution in [-0.2, 0) is 13.1 Å². The summed E-state index contributed by atoms with van der Waals surface area (Å²) in [6.07, 6.45) is 1.73. The Kier molecular flexibility index (Phi) is 4.79. The molecule has 4 nitrogen and oxygen atoms in total. The molecule has 2 heterocycles. The molecule has 4 heteroatoms. The first-order chi connectivity index (χ1) is 9.56. The molecule has 0 aliphatic carbocycles. The molecule has 0 saturated heterocycles. The third kappa shape index (κ3) is 3.84. The molecule has 2 aromatic rings. The number of anilines is 1. The van der Waals surface area contributed by atoms with Gasteiger partial charge in [0.05, 0.1) is 12.0 Å². The fourth-order valence-corrected chi connectivity index (χ4v) is 2.00. The molecule has 0 atom stereocenters. The van der Waals surface area contributed by atoms with Gasteiger partial charge in [-0.1, -0.05) is 19.9 Å². The van der Waals surface area contributed by atoms with E-state index in [1.165, 1.54) is 5.56 Å². The van der Waals surface area contributed by atoms with E-state index in [0.29, 0.717) is 6.04 Å². The van der Waals surface area contributed by atoms with Crippen LogP contribution in [0.5, 0.6) is 0 Å². The van der Waals surface area contributed by atoms with Crippen LogP contribution < -0.4 is 10.2 Å². The lowest BCUT2D eigenvalue weighted by Crippen LogP contribution is -2.23. The van der Waals surface area contributed by atoms with E-state index in [1.54, 1.807) is 6.26 Å². The molecule has 2 aromatic heterocycles. The normalized spacial score (nSPS) is 11.1. The topological polar surface area (TPSA) is 41.3 Å². The van der Waals surface area contributed by atoms with Gasteiger partial charge in [0.2, 0.25) is 0 Å². The predicted octanol–water partition coefficient (Wildman–Crippen LogP) is 3.12. The SMILES string of the molecule is Cc1occc1CN(C)c1cccc(CNC(C)C)n1. The Labute approximate surface area is 120 Å². The fraction of sp³-hybridized carbons (Fsp3) is 0.438. The maximum atomic E-state index is 5.33. The maximum Gasteiger partial charge on any atom is 0.128 e. The molecule has 0 aliphatic heterocycles. The van der Waals surface area contributed by atoms with Crippen LogP contribution >= 0.6 is 0 Å². The number of nitrogens with zero attached hydrogens (tertiary/aromatic N) is 2. The monoisotopic (exact) mass is 273 g/mol. The lowest BCUT2D eigenvalue weighted by atomic mass is 10.2. The van der Waals surface area contributed by atoms with Gasteiger partial charge in [0.1, 0.15) is 11.6 Å². The van der Waals surface area contributed by atoms with Crippen molar-refractivity contribution in [3.8, 4) is 0 Å². The van der Waals surface area contributed by atoms with Crippen molar-refractivity contribution in [3.63, 3.8) is 0 Å². The van der Waals surface area contributed by atoms with Crippen LogP contribution in [0.25, 0.3) is 0 Å². The van der Waals surface area contributed by atoms with Gasteiger partial charge in [-0.3, -0.25) is 0 Å². The first-order valence-electron chi connectivity index (χ1n) is 6.99. The van der Waals surface area contributed by atoms with Crippen LogP contribution in [0.4, 0.5) is 5.82 Å². The third-order valence-corrected chi connectivity index (χ3v) is 3.25. The second-order valence-corrected chi connectivity index (χ2v) is 5.38. The molecule has 0 unspecified atom stereocenters. The van der Waals surface area contributed by atoms with Crippen molar-refractivity contribution >= 4 is 5.82 Å². The Balaban J connectivity index is 2.04. The number of hydrogen-bond acceptors (Lipinski definition) is 4. The predicted molar refractivity (Wildman–Crippen MR) is 81.8 cm³/mol. The van der Waals surface area contributed by atoms with Gasteiger partial charge in [-0.2, -0.15) is 0 Å². The zero-order valence-electron chi connectivity index (χ0n) is 12.7. The zero-order valence-corrected chi connectivity index (χ0v) is 12.7. The van der Waals surface area contributed by atoms with Crippen molar-refractivity contribution < 1.29 is 4.42 Å². The summed E-state index contributed by atoms with van der Waals surface area (Å²) in [6.45, 7) is 7.86. The fourth-order valence-electron chi connectivity index (χ4n) is 2.00. The molecule has 0 spiro atoms. The van der Waals surface area contributed by atoms with Gasteiger partial charge in [0.15, 0.2) is 0 Å². The number of aryl methyl sites for hydroxylation is 1. The van der Waals surface area contributed by atoms with E-state index < -0.39 is 0 Å². The molecule has 2 rings (SSSR count). The summed E-state index contributed by atoms with van der Waals surface area (Å²) in [4.78, 5) is 6.82. The number of rotatable bonds is 6. The lowest BCUT2D eigenvalue weighted by molar-refractivity contribution is 0.529. The molecule has 0 amide bonds. The van der Waals surface area contributed by atoms with E-state index in [4.69, 9.17) is 4.42 Å². The van der Waals surface area contributed by atoms with Crippen molar-refractivity contribution in [1.29, 1.82) is 0 Å². The number of pyridine rings is 1. The van der Waals surface area contributed by atoms with Crippen molar-refractivity contribution in [1.82, 2.24) is 10.3 Å². The summed E-state index contributed by atoms with van der Waals surface area (Å²) in [5.74, 6) is 1.95. The Morgan fingerprint density at radius 1 is 1.30 bits per heavy atom. The minimum atomic E-state index is 0.465. The highest BCUT2D eigenvalue weighted by Crippen LogP contribution is 2.16. The van der Waals surface area contributed by atoms with Crippen LogP contribution in [0.2, 0.25) is 0 Å². The van der Waals surface area contributed by atoms with Gasteiger partial charge in [-0.05, 0) is 25.1 Å². The summed E-state index contributed by atoms with van der Waals surface area (Å²) >= 11 is 0. The maximum absolute atomic E-state index is 5.33. The number of furan rings is 1. The van der Waals surface area contributed by atoms with Gasteiger partial charge in [0, 0.05) is 31.7 Å². The summed E-state index contributed by atoms with van der Waals surface area (Å²) < 4.78 is 5.33. The van der Waals surface area contributed by atoms with Crippen molar-refractivity contribution in [2.24, 2.45) is 0 Å². The summed E-state index contributed by atoms with van der Waals surface area (Å²) in [7, 11) is 2.05. The first-order valence-corrected chi connectivity index (χ1v) is 6.99. The van der Waals surface area contributed by atoms with Gasteiger partial charge >= 0.3 is 0 Å². The standard InChI is InChI=1S/C16H23N3O/c1-12(2)17-10-15-6-5-7-16(18-15)19(4)11-14-8-9-20-13(14)3/h5-9,12,17H,10-11H2,1-4H3. The van der Waals surface area contributed by atoms with Gasteiger partial charge in [-0.15, -0.1) is 0 Å². The van der Waals surface area contributed by atoms with Crippen LogP contribution in [0.1, 0.15) is 30.9 Å². The van der Waals surface area contributed by atoms with Gasteiger partial charge in [0.25, 0.3) is 0 Å². The van der Waals surface area contributed by atoms with Crippen molar-refractivity contribution in [2.75, 3.05) is 11.9 Å². The van der Waals surface area contributed by atoms with Crippen molar-refractivity contribution in [2.45, 2.75) is 39.9 Å². The van der Waals surface area contributed by atoms with Gasteiger partial charge in [-0.25, -0.2) is 4.98 Å². The molecule has 0 aromatic carbocycles. The second kappa shape index (κ2) is 6.57. The highest BCUT2D eigenvalue weighted by molar-refractivity contribution is 5.39. The minimum Gasteiger partial charge on any atom is -0.469 e. The van der Waals surface area contributed by atoms with E-state index in [1.807, 2.05) is 19.1 Å². The quantitative estimate of drug-likeness (QED) is 0.878. The molecule has 108 valence electrons. The molecular formula is C16H23N3O. The second-order valence-electron chi connectivity index (χ2n) is 5.38. The third-order valence-electron chi connectivity index (χ3n) is 3.25. The average molecular weight is 273 g/mol. The Morgan fingerprint density at radius 3 is 2.75 bits per heavy atom. The van der Waals surface area contributed by atoms with Crippen molar-refractivity contribution in [3.05, 3.63) is 47.5 Å². The van der Waals surface area contributed by atoms with E-state index in [0.717, 1.165) is 30.4 Å². The number of hydrogen-bond donors (Lipinski definition) is 1. The minimum absolute atomic E-state index is 0.465. The summed E-state index contributed by atoms with van der Waals surface area (Å²) in [5.41, 5.74) is 2.26. The summed E-state index contributed by atoms with van der Waals surface area (Å²) in [5, 5.41) is 3.39. The smallest absolute Gasteiger partial charge is 0.128 e.